The maximum atomic E-state index is 13.5. The van der Waals surface area contributed by atoms with Crippen LogP contribution in [0.5, 0.6) is 5.75 Å². The van der Waals surface area contributed by atoms with Crippen LogP contribution in [0.15, 0.2) is 36.5 Å². The molecule has 1 saturated carbocycles. The Balaban J connectivity index is 1.68. The Kier molecular flexibility index (Phi) is 6.99. The van der Waals surface area contributed by atoms with Crippen LogP contribution in [-0.2, 0) is 6.54 Å². The van der Waals surface area contributed by atoms with E-state index in [1.807, 2.05) is 23.2 Å². The van der Waals surface area contributed by atoms with Crippen LogP contribution in [0.2, 0.25) is 5.02 Å². The van der Waals surface area contributed by atoms with Crippen molar-refractivity contribution < 1.29 is 9.53 Å². The van der Waals surface area contributed by atoms with Gasteiger partial charge in [0.2, 0.25) is 0 Å². The first-order valence-electron chi connectivity index (χ1n) is 11.4. The van der Waals surface area contributed by atoms with Crippen LogP contribution >= 0.6 is 11.6 Å². The molecule has 6 nitrogen and oxygen atoms in total. The second-order valence-corrected chi connectivity index (χ2v) is 9.35. The molecule has 3 aromatic rings. The number of ether oxygens (including phenoxy) is 1. The number of fused-ring (bicyclic) bond motifs is 1. The number of carbonyl (C=O) groups excluding carboxylic acids is 1. The summed E-state index contributed by atoms with van der Waals surface area (Å²) in [6, 6.07) is 9.51. The number of benzene rings is 1. The van der Waals surface area contributed by atoms with Crippen LogP contribution in [0.3, 0.4) is 0 Å². The van der Waals surface area contributed by atoms with Gasteiger partial charge in [0.05, 0.1) is 18.7 Å². The van der Waals surface area contributed by atoms with E-state index in [1.54, 1.807) is 25.3 Å². The van der Waals surface area contributed by atoms with Crippen molar-refractivity contribution in [3.05, 3.63) is 52.9 Å². The molecule has 0 radical (unpaired) electrons. The van der Waals surface area contributed by atoms with Gasteiger partial charge in [-0.05, 0) is 55.5 Å². The molecule has 2 aromatic heterocycles. The molecule has 170 valence electrons. The Morgan fingerprint density at radius 2 is 2.06 bits per heavy atom. The molecule has 1 fully saturated rings. The molecule has 0 aliphatic heterocycles. The molecule has 1 aromatic carbocycles. The van der Waals surface area contributed by atoms with E-state index in [4.69, 9.17) is 21.3 Å². The predicted molar refractivity (Wildman–Crippen MR) is 127 cm³/mol. The molecule has 2 heterocycles. The molecule has 32 heavy (non-hydrogen) atoms. The van der Waals surface area contributed by atoms with Crippen molar-refractivity contribution >= 4 is 28.7 Å². The van der Waals surface area contributed by atoms with Crippen LogP contribution in [0, 0.1) is 5.92 Å². The number of pyridine rings is 1. The largest absolute Gasteiger partial charge is 0.495 e. The smallest absolute Gasteiger partial charge is 0.254 e. The Labute approximate surface area is 194 Å². The van der Waals surface area contributed by atoms with Crippen LogP contribution in [0.4, 0.5) is 0 Å². The lowest BCUT2D eigenvalue weighted by Crippen LogP contribution is -2.33. The van der Waals surface area contributed by atoms with Gasteiger partial charge in [-0.1, -0.05) is 38.3 Å². The minimum Gasteiger partial charge on any atom is -0.495 e. The molecular weight excluding hydrogens is 424 g/mol. The van der Waals surface area contributed by atoms with Crippen molar-refractivity contribution in [2.75, 3.05) is 13.7 Å². The second-order valence-electron chi connectivity index (χ2n) is 8.94. The highest BCUT2D eigenvalue weighted by atomic mass is 35.5. The third kappa shape index (κ3) is 4.75. The summed E-state index contributed by atoms with van der Waals surface area (Å²) < 4.78 is 7.52. The average molecular weight is 455 g/mol. The molecule has 0 bridgehead atoms. The molecule has 0 spiro atoms. The zero-order valence-corrected chi connectivity index (χ0v) is 19.8. The second kappa shape index (κ2) is 9.90. The summed E-state index contributed by atoms with van der Waals surface area (Å²) in [7, 11) is 1.57. The summed E-state index contributed by atoms with van der Waals surface area (Å²) in [6.07, 6.45) is 7.43. The van der Waals surface area contributed by atoms with Gasteiger partial charge in [0.1, 0.15) is 17.1 Å². The van der Waals surface area contributed by atoms with E-state index in [2.05, 4.69) is 23.4 Å². The van der Waals surface area contributed by atoms with Gasteiger partial charge in [0.25, 0.3) is 5.91 Å². The van der Waals surface area contributed by atoms with Gasteiger partial charge in [0.15, 0.2) is 5.65 Å². The van der Waals surface area contributed by atoms with Crippen LogP contribution in [0.1, 0.15) is 68.2 Å². The summed E-state index contributed by atoms with van der Waals surface area (Å²) in [5, 5.41) is 0.435. The molecule has 7 heteroatoms. The Hall–Kier alpha value is -2.60. The van der Waals surface area contributed by atoms with E-state index in [0.717, 1.165) is 36.3 Å². The van der Waals surface area contributed by atoms with Gasteiger partial charge >= 0.3 is 0 Å². The number of methoxy groups -OCH3 is 1. The van der Waals surface area contributed by atoms with Crippen molar-refractivity contribution in [2.24, 2.45) is 5.92 Å². The van der Waals surface area contributed by atoms with Gasteiger partial charge in [0, 0.05) is 24.3 Å². The Bertz CT molecular complexity index is 1090. The fourth-order valence-corrected chi connectivity index (χ4v) is 4.71. The lowest BCUT2D eigenvalue weighted by Gasteiger charge is -2.25. The summed E-state index contributed by atoms with van der Waals surface area (Å²) >= 11 is 6.31. The molecule has 1 amide bonds. The lowest BCUT2D eigenvalue weighted by atomic mass is 10.1. The van der Waals surface area contributed by atoms with Gasteiger partial charge in [-0.3, -0.25) is 4.79 Å². The van der Waals surface area contributed by atoms with Gasteiger partial charge in [-0.2, -0.15) is 0 Å². The summed E-state index contributed by atoms with van der Waals surface area (Å²) in [5.74, 6) is 1.90. The molecule has 0 saturated heterocycles. The summed E-state index contributed by atoms with van der Waals surface area (Å²) in [4.78, 5) is 25.0. The fraction of sp³-hybridized carbons (Fsp3) is 0.480. The number of amides is 1. The van der Waals surface area contributed by atoms with E-state index in [1.165, 1.54) is 12.8 Å². The first-order chi connectivity index (χ1) is 15.5. The van der Waals surface area contributed by atoms with Gasteiger partial charge < -0.3 is 14.2 Å². The van der Waals surface area contributed by atoms with Gasteiger partial charge in [-0.25, -0.2) is 9.97 Å². The number of imidazole rings is 1. The van der Waals surface area contributed by atoms with Crippen LogP contribution in [0.25, 0.3) is 11.2 Å². The third-order valence-corrected chi connectivity index (χ3v) is 6.50. The molecule has 0 N–H and O–H groups in total. The zero-order valence-electron chi connectivity index (χ0n) is 19.1. The molecule has 4 rings (SSSR count). The van der Waals surface area contributed by atoms with E-state index < -0.39 is 0 Å². The topological polar surface area (TPSA) is 60.2 Å². The molecule has 0 atom stereocenters. The molecule has 1 aliphatic carbocycles. The minimum atomic E-state index is -0.0480. The highest BCUT2D eigenvalue weighted by molar-refractivity contribution is 6.32. The quantitative estimate of drug-likeness (QED) is 0.425. The van der Waals surface area contributed by atoms with E-state index >= 15 is 0 Å². The Morgan fingerprint density at radius 3 is 2.75 bits per heavy atom. The van der Waals surface area contributed by atoms with Crippen molar-refractivity contribution in [1.29, 1.82) is 0 Å². The monoisotopic (exact) mass is 454 g/mol. The molecular formula is C25H31ClN4O2. The number of aromatic nitrogens is 3. The third-order valence-electron chi connectivity index (χ3n) is 6.21. The number of rotatable bonds is 8. The fourth-order valence-electron chi connectivity index (χ4n) is 4.45. The van der Waals surface area contributed by atoms with E-state index in [0.29, 0.717) is 41.4 Å². The van der Waals surface area contributed by atoms with Crippen molar-refractivity contribution in [3.8, 4) is 5.75 Å². The summed E-state index contributed by atoms with van der Waals surface area (Å²) in [6.45, 7) is 5.44. The van der Waals surface area contributed by atoms with Crippen molar-refractivity contribution in [2.45, 2.75) is 58.5 Å². The van der Waals surface area contributed by atoms with Crippen LogP contribution in [-0.4, -0.2) is 39.0 Å². The predicted octanol–water partition coefficient (Wildman–Crippen LogP) is 5.90. The number of nitrogens with zero attached hydrogens (tertiary/aromatic N) is 4. The maximum absolute atomic E-state index is 13.5. The minimum absolute atomic E-state index is 0.0480. The van der Waals surface area contributed by atoms with Crippen molar-refractivity contribution in [1.82, 2.24) is 19.4 Å². The van der Waals surface area contributed by atoms with E-state index in [-0.39, 0.29) is 5.91 Å². The highest BCUT2D eigenvalue weighted by Gasteiger charge is 2.26. The normalized spacial score (nSPS) is 14.4. The van der Waals surface area contributed by atoms with Crippen LogP contribution < -0.4 is 4.74 Å². The first kappa shape index (κ1) is 22.6. The lowest BCUT2D eigenvalue weighted by molar-refractivity contribution is 0.0728. The number of hydrogen-bond donors (Lipinski definition) is 0. The number of carbonyl (C=O) groups is 1. The Morgan fingerprint density at radius 1 is 1.28 bits per heavy atom. The van der Waals surface area contributed by atoms with E-state index in [9.17, 15) is 4.79 Å². The molecule has 1 aliphatic rings. The maximum Gasteiger partial charge on any atom is 0.254 e. The highest BCUT2D eigenvalue weighted by Crippen LogP contribution is 2.34. The number of hydrogen-bond acceptors (Lipinski definition) is 4. The van der Waals surface area contributed by atoms with Crippen molar-refractivity contribution in [3.63, 3.8) is 0 Å². The number of halogens is 1. The first-order valence-corrected chi connectivity index (χ1v) is 11.8. The average Bonchev–Trinajstić information content (AvgIpc) is 3.43. The van der Waals surface area contributed by atoms with Gasteiger partial charge in [-0.15, -0.1) is 0 Å². The zero-order chi connectivity index (χ0) is 22.7. The molecule has 0 unspecified atom stereocenters. The standard InChI is InChI=1S/C25H31ClN4O2/c1-17(2)12-14-29(25(31)18-10-11-22(32-3)20(26)15-18)16-23-28-21-9-6-13-27-24(21)30(23)19-7-4-5-8-19/h6,9-11,13,15,17,19H,4-5,7-8,12,14,16H2,1-3H3. The SMILES string of the molecule is COc1ccc(C(=O)N(CCC(C)C)Cc2nc3cccnc3n2C2CCCC2)cc1Cl. The summed E-state index contributed by atoms with van der Waals surface area (Å²) in [5.41, 5.74) is 2.36.